The molecule has 0 saturated heterocycles. The molecule has 2 N–H and O–H groups in total. The summed E-state index contributed by atoms with van der Waals surface area (Å²) >= 11 is 1.61. The first-order valence-electron chi connectivity index (χ1n) is 4.94. The van der Waals surface area contributed by atoms with E-state index in [2.05, 4.69) is 19.9 Å². The Kier molecular flexibility index (Phi) is 2.24. The van der Waals surface area contributed by atoms with Gasteiger partial charge in [0.1, 0.15) is 11.1 Å². The maximum Gasteiger partial charge on any atom is 0.104 e. The van der Waals surface area contributed by atoms with Crippen LogP contribution in [0, 0.1) is 17.2 Å². The second kappa shape index (κ2) is 3.29. The van der Waals surface area contributed by atoms with Crippen LogP contribution in [-0.2, 0) is 6.42 Å². The summed E-state index contributed by atoms with van der Waals surface area (Å²) in [6.45, 7) is 4.47. The van der Waals surface area contributed by atoms with Crippen molar-refractivity contribution in [1.29, 1.82) is 5.26 Å². The van der Waals surface area contributed by atoms with Crippen LogP contribution in [0.2, 0.25) is 0 Å². The Morgan fingerprint density at radius 1 is 1.50 bits per heavy atom. The Balaban J connectivity index is 2.55. The van der Waals surface area contributed by atoms with Gasteiger partial charge in [0.15, 0.2) is 0 Å². The third kappa shape index (κ3) is 1.31. The molecular formula is C11H14N2S. The highest BCUT2D eigenvalue weighted by Gasteiger charge is 2.27. The minimum Gasteiger partial charge on any atom is -0.389 e. The summed E-state index contributed by atoms with van der Waals surface area (Å²) < 4.78 is 0. The second-order valence-corrected chi connectivity index (χ2v) is 5.33. The molecule has 0 radical (unpaired) electrons. The lowest BCUT2D eigenvalue weighted by Gasteiger charge is -2.24. The number of nitriles is 1. The molecule has 2 nitrogen and oxygen atoms in total. The van der Waals surface area contributed by atoms with E-state index in [0.717, 1.165) is 12.0 Å². The van der Waals surface area contributed by atoms with Crippen LogP contribution in [-0.4, -0.2) is 0 Å². The molecular weight excluding hydrogens is 192 g/mol. The summed E-state index contributed by atoms with van der Waals surface area (Å²) in [7, 11) is 0. The Morgan fingerprint density at radius 2 is 2.21 bits per heavy atom. The number of hydrogen-bond acceptors (Lipinski definition) is 3. The maximum atomic E-state index is 9.01. The molecule has 0 bridgehead atoms. The molecule has 14 heavy (non-hydrogen) atoms. The zero-order valence-corrected chi connectivity index (χ0v) is 9.32. The normalized spacial score (nSPS) is 25.5. The van der Waals surface area contributed by atoms with Gasteiger partial charge >= 0.3 is 0 Å². The van der Waals surface area contributed by atoms with Crippen LogP contribution in [0.5, 0.6) is 0 Å². The van der Waals surface area contributed by atoms with E-state index in [4.69, 9.17) is 11.0 Å². The molecule has 1 aliphatic carbocycles. The largest absolute Gasteiger partial charge is 0.389 e. The van der Waals surface area contributed by atoms with Gasteiger partial charge in [0.25, 0.3) is 0 Å². The van der Waals surface area contributed by atoms with Gasteiger partial charge in [-0.15, -0.1) is 11.3 Å². The van der Waals surface area contributed by atoms with Crippen LogP contribution in [0.3, 0.4) is 0 Å². The number of rotatable bonds is 0. The molecule has 1 aromatic rings. The molecule has 2 atom stereocenters. The summed E-state index contributed by atoms with van der Waals surface area (Å²) in [4.78, 5) is 1.34. The smallest absolute Gasteiger partial charge is 0.104 e. The predicted molar refractivity (Wildman–Crippen MR) is 59.3 cm³/mol. The quantitative estimate of drug-likeness (QED) is 0.709. The first-order valence-corrected chi connectivity index (χ1v) is 5.76. The summed E-state index contributed by atoms with van der Waals surface area (Å²) in [6, 6.07) is 2.23. The number of nitrogens with two attached hydrogens (primary N) is 1. The Hall–Kier alpha value is -1.01. The van der Waals surface area contributed by atoms with Gasteiger partial charge in [0.05, 0.1) is 5.56 Å². The van der Waals surface area contributed by atoms with Crippen molar-refractivity contribution in [3.05, 3.63) is 16.0 Å². The number of nitrogens with zero attached hydrogens (tertiary/aromatic N) is 1. The number of anilines is 1. The predicted octanol–water partition coefficient (Wildman–Crippen LogP) is 2.89. The molecule has 0 aromatic carbocycles. The van der Waals surface area contributed by atoms with E-state index < -0.39 is 0 Å². The van der Waals surface area contributed by atoms with Crippen LogP contribution in [0.25, 0.3) is 0 Å². The lowest BCUT2D eigenvalue weighted by atomic mass is 9.82. The number of nitrogen functional groups attached to an aromatic ring is 1. The Morgan fingerprint density at radius 3 is 2.86 bits per heavy atom. The van der Waals surface area contributed by atoms with E-state index in [9.17, 15) is 0 Å². The van der Waals surface area contributed by atoms with E-state index >= 15 is 0 Å². The number of hydrogen-bond donors (Lipinski definition) is 1. The van der Waals surface area contributed by atoms with E-state index in [-0.39, 0.29) is 0 Å². The molecule has 74 valence electrons. The topological polar surface area (TPSA) is 49.8 Å². The fourth-order valence-corrected chi connectivity index (χ4v) is 3.48. The van der Waals surface area contributed by atoms with E-state index in [1.165, 1.54) is 16.9 Å². The van der Waals surface area contributed by atoms with Crippen molar-refractivity contribution in [1.82, 2.24) is 0 Å². The summed E-state index contributed by atoms with van der Waals surface area (Å²) in [5.74, 6) is 1.25. The molecule has 2 unspecified atom stereocenters. The second-order valence-electron chi connectivity index (χ2n) is 4.24. The fourth-order valence-electron chi connectivity index (χ4n) is 2.37. The van der Waals surface area contributed by atoms with Crippen LogP contribution < -0.4 is 5.73 Å². The zero-order valence-electron chi connectivity index (χ0n) is 8.50. The van der Waals surface area contributed by atoms with Gasteiger partial charge in [0, 0.05) is 4.88 Å². The zero-order chi connectivity index (χ0) is 10.3. The first kappa shape index (κ1) is 9.54. The molecule has 0 fully saturated rings. The van der Waals surface area contributed by atoms with Crippen molar-refractivity contribution in [2.75, 3.05) is 5.73 Å². The molecule has 0 spiro atoms. The van der Waals surface area contributed by atoms with Gasteiger partial charge < -0.3 is 5.73 Å². The summed E-state index contributed by atoms with van der Waals surface area (Å²) in [6.07, 6.45) is 2.24. The lowest BCUT2D eigenvalue weighted by molar-refractivity contribution is 0.456. The average molecular weight is 206 g/mol. The van der Waals surface area contributed by atoms with E-state index in [1.807, 2.05) is 0 Å². The van der Waals surface area contributed by atoms with Gasteiger partial charge in [-0.05, 0) is 30.2 Å². The molecule has 2 rings (SSSR count). The van der Waals surface area contributed by atoms with Crippen LogP contribution >= 0.6 is 11.3 Å². The van der Waals surface area contributed by atoms with Gasteiger partial charge in [-0.3, -0.25) is 0 Å². The molecule has 0 saturated carbocycles. The molecule has 3 heteroatoms. The molecule has 1 heterocycles. The molecule has 0 aliphatic heterocycles. The highest BCUT2D eigenvalue weighted by molar-refractivity contribution is 7.16. The summed E-state index contributed by atoms with van der Waals surface area (Å²) in [5.41, 5.74) is 7.80. The van der Waals surface area contributed by atoms with Crippen LogP contribution in [0.4, 0.5) is 5.00 Å². The Bertz CT molecular complexity index is 400. The third-order valence-corrected chi connectivity index (χ3v) is 4.23. The van der Waals surface area contributed by atoms with Gasteiger partial charge in [0.2, 0.25) is 0 Å². The number of thiophene rings is 1. The van der Waals surface area contributed by atoms with Crippen molar-refractivity contribution in [2.24, 2.45) is 5.92 Å². The molecule has 0 amide bonds. The van der Waals surface area contributed by atoms with Gasteiger partial charge in [-0.2, -0.15) is 5.26 Å². The molecule has 1 aliphatic rings. The monoisotopic (exact) mass is 206 g/mol. The van der Waals surface area contributed by atoms with Gasteiger partial charge in [-0.25, -0.2) is 0 Å². The van der Waals surface area contributed by atoms with Gasteiger partial charge in [-0.1, -0.05) is 13.8 Å². The highest BCUT2D eigenvalue weighted by Crippen LogP contribution is 2.43. The third-order valence-electron chi connectivity index (χ3n) is 2.93. The van der Waals surface area contributed by atoms with Crippen molar-refractivity contribution in [2.45, 2.75) is 32.6 Å². The SMILES string of the molecule is CC1Cc2c(sc(N)c2C#N)C(C)C1. The van der Waals surface area contributed by atoms with E-state index in [0.29, 0.717) is 16.8 Å². The number of fused-ring (bicyclic) bond motifs is 1. The maximum absolute atomic E-state index is 9.01. The van der Waals surface area contributed by atoms with Crippen LogP contribution in [0.1, 0.15) is 42.2 Å². The van der Waals surface area contributed by atoms with Crippen molar-refractivity contribution in [3.8, 4) is 6.07 Å². The fraction of sp³-hybridized carbons (Fsp3) is 0.545. The standard InChI is InChI=1S/C11H14N2S/c1-6-3-7(2)10-8(4-6)9(5-12)11(13)14-10/h6-7H,3-4,13H2,1-2H3. The highest BCUT2D eigenvalue weighted by atomic mass is 32.1. The van der Waals surface area contributed by atoms with Crippen molar-refractivity contribution in [3.63, 3.8) is 0 Å². The van der Waals surface area contributed by atoms with E-state index in [1.54, 1.807) is 11.3 Å². The van der Waals surface area contributed by atoms with Crippen molar-refractivity contribution < 1.29 is 0 Å². The average Bonchev–Trinajstić information content (AvgIpc) is 2.41. The minimum absolute atomic E-state index is 0.572. The molecule has 1 aromatic heterocycles. The minimum atomic E-state index is 0.572. The van der Waals surface area contributed by atoms with Crippen molar-refractivity contribution >= 4 is 16.3 Å². The first-order chi connectivity index (χ1) is 6.63. The Labute approximate surface area is 88.4 Å². The lowest BCUT2D eigenvalue weighted by Crippen LogP contribution is -2.13. The summed E-state index contributed by atoms with van der Waals surface area (Å²) in [5, 5.41) is 9.72. The van der Waals surface area contributed by atoms with Crippen LogP contribution in [0.15, 0.2) is 0 Å².